The van der Waals surface area contributed by atoms with Gasteiger partial charge in [-0.15, -0.1) is 13.2 Å². The lowest BCUT2D eigenvalue weighted by Gasteiger charge is -2.12. The molecule has 3 nitrogen and oxygen atoms in total. The Morgan fingerprint density at radius 1 is 1.35 bits per heavy atom. The molecule has 0 saturated heterocycles. The Morgan fingerprint density at radius 3 is 2.47 bits per heavy atom. The molecular formula is C11H11F3O3. The lowest BCUT2D eigenvalue weighted by molar-refractivity contribution is -0.274. The van der Waals surface area contributed by atoms with Crippen LogP contribution in [0.2, 0.25) is 0 Å². The van der Waals surface area contributed by atoms with E-state index in [-0.39, 0.29) is 12.2 Å². The molecule has 0 aliphatic carbocycles. The first-order valence-corrected chi connectivity index (χ1v) is 4.91. The quantitative estimate of drug-likeness (QED) is 0.891. The number of halogens is 3. The van der Waals surface area contributed by atoms with Crippen molar-refractivity contribution in [2.24, 2.45) is 0 Å². The summed E-state index contributed by atoms with van der Waals surface area (Å²) >= 11 is 0. The molecule has 0 fully saturated rings. The zero-order valence-electron chi connectivity index (χ0n) is 9.04. The van der Waals surface area contributed by atoms with Crippen LogP contribution in [0, 0.1) is 0 Å². The third kappa shape index (κ3) is 4.34. The minimum absolute atomic E-state index is 0.213. The number of benzene rings is 1. The molecule has 0 bridgehead atoms. The minimum atomic E-state index is -4.74. The first-order valence-electron chi connectivity index (χ1n) is 4.91. The molecule has 0 saturated carbocycles. The van der Waals surface area contributed by atoms with Crippen LogP contribution < -0.4 is 4.74 Å². The number of carboxylic acid groups (broad SMARTS) is 1. The maximum absolute atomic E-state index is 12.0. The zero-order valence-corrected chi connectivity index (χ0v) is 9.04. The van der Waals surface area contributed by atoms with Gasteiger partial charge in [0.2, 0.25) is 0 Å². The number of ether oxygens (including phenoxy) is 1. The highest BCUT2D eigenvalue weighted by Crippen LogP contribution is 2.25. The Bertz CT molecular complexity index is 413. The van der Waals surface area contributed by atoms with Gasteiger partial charge < -0.3 is 9.84 Å². The number of carboxylic acids is 1. The smallest absolute Gasteiger partial charge is 0.481 e. The lowest BCUT2D eigenvalue weighted by atomic mass is 10.0. The molecule has 6 heteroatoms. The summed E-state index contributed by atoms with van der Waals surface area (Å²) in [6.07, 6.45) is -4.51. The largest absolute Gasteiger partial charge is 0.573 e. The number of carbonyl (C=O) groups is 1. The first kappa shape index (κ1) is 13.3. The van der Waals surface area contributed by atoms with Gasteiger partial charge in [0.1, 0.15) is 5.75 Å². The molecule has 0 radical (unpaired) electrons. The summed E-state index contributed by atoms with van der Waals surface area (Å²) in [6, 6.07) is 3.67. The van der Waals surface area contributed by atoms with Crippen LogP contribution in [0.3, 0.4) is 0 Å². The van der Waals surface area contributed by atoms with E-state index in [2.05, 4.69) is 4.74 Å². The van der Waals surface area contributed by atoms with Crippen LogP contribution in [0.4, 0.5) is 13.2 Å². The number of rotatable bonds is 4. The maximum Gasteiger partial charge on any atom is 0.573 e. The van der Waals surface area contributed by atoms with Gasteiger partial charge in [0.05, 0.1) is 6.42 Å². The van der Waals surface area contributed by atoms with Crippen molar-refractivity contribution in [1.82, 2.24) is 0 Å². The van der Waals surface area contributed by atoms with Gasteiger partial charge in [-0.25, -0.2) is 0 Å². The Balaban J connectivity index is 2.96. The van der Waals surface area contributed by atoms with Gasteiger partial charge in [0, 0.05) is 0 Å². The number of hydrogen-bond donors (Lipinski definition) is 1. The SMILES string of the molecule is CCc1cc(OC(F)(F)F)ccc1CC(=O)O. The van der Waals surface area contributed by atoms with E-state index in [1.165, 1.54) is 12.1 Å². The lowest BCUT2D eigenvalue weighted by Crippen LogP contribution is -2.17. The van der Waals surface area contributed by atoms with Gasteiger partial charge in [0.15, 0.2) is 0 Å². The zero-order chi connectivity index (χ0) is 13.1. The second-order valence-corrected chi connectivity index (χ2v) is 3.40. The molecule has 0 amide bonds. The average molecular weight is 248 g/mol. The molecule has 0 aromatic heterocycles. The average Bonchev–Trinajstić information content (AvgIpc) is 2.17. The van der Waals surface area contributed by atoms with E-state index in [4.69, 9.17) is 5.11 Å². The molecule has 0 spiro atoms. The van der Waals surface area contributed by atoms with Gasteiger partial charge in [-0.05, 0) is 29.7 Å². The van der Waals surface area contributed by atoms with Crippen LogP contribution in [0.1, 0.15) is 18.1 Å². The molecule has 0 unspecified atom stereocenters. The second kappa shape index (κ2) is 5.07. The molecule has 0 aliphatic rings. The molecule has 1 aromatic rings. The van der Waals surface area contributed by atoms with Crippen molar-refractivity contribution in [3.05, 3.63) is 29.3 Å². The van der Waals surface area contributed by atoms with Crippen molar-refractivity contribution in [3.63, 3.8) is 0 Å². The van der Waals surface area contributed by atoms with E-state index in [0.717, 1.165) is 6.07 Å². The van der Waals surface area contributed by atoms with Crippen molar-refractivity contribution in [1.29, 1.82) is 0 Å². The van der Waals surface area contributed by atoms with Crippen molar-refractivity contribution >= 4 is 5.97 Å². The van der Waals surface area contributed by atoms with E-state index in [1.54, 1.807) is 6.92 Å². The second-order valence-electron chi connectivity index (χ2n) is 3.40. The van der Waals surface area contributed by atoms with Gasteiger partial charge in [-0.3, -0.25) is 4.79 Å². The monoisotopic (exact) mass is 248 g/mol. The summed E-state index contributed by atoms with van der Waals surface area (Å²) in [5, 5.41) is 8.63. The summed E-state index contributed by atoms with van der Waals surface area (Å²) in [5.74, 6) is -1.35. The van der Waals surface area contributed by atoms with Crippen LogP contribution in [-0.4, -0.2) is 17.4 Å². The van der Waals surface area contributed by atoms with Crippen molar-refractivity contribution in [2.45, 2.75) is 26.1 Å². The Morgan fingerprint density at radius 2 is 2.00 bits per heavy atom. The third-order valence-electron chi connectivity index (χ3n) is 2.13. The highest BCUT2D eigenvalue weighted by Gasteiger charge is 2.31. The van der Waals surface area contributed by atoms with E-state index in [9.17, 15) is 18.0 Å². The molecule has 1 aromatic carbocycles. The summed E-state index contributed by atoms with van der Waals surface area (Å²) in [7, 11) is 0. The fraction of sp³-hybridized carbons (Fsp3) is 0.364. The fourth-order valence-corrected chi connectivity index (χ4v) is 1.46. The Labute approximate surface area is 95.8 Å². The molecule has 0 aliphatic heterocycles. The van der Waals surface area contributed by atoms with Crippen LogP contribution in [0.15, 0.2) is 18.2 Å². The molecule has 0 heterocycles. The van der Waals surface area contributed by atoms with E-state index in [0.29, 0.717) is 17.5 Å². The highest BCUT2D eigenvalue weighted by atomic mass is 19.4. The summed E-state index contributed by atoms with van der Waals surface area (Å²) < 4.78 is 39.7. The van der Waals surface area contributed by atoms with Crippen molar-refractivity contribution < 1.29 is 27.8 Å². The standard InChI is InChI=1S/C11H11F3O3/c1-2-7-5-9(17-11(12,13)14)4-3-8(7)6-10(15)16/h3-5H,2,6H2,1H3,(H,15,16). The molecule has 1 N–H and O–H groups in total. The first-order chi connectivity index (χ1) is 7.81. The molecule has 17 heavy (non-hydrogen) atoms. The topological polar surface area (TPSA) is 46.5 Å². The number of alkyl halides is 3. The van der Waals surface area contributed by atoms with Crippen molar-refractivity contribution in [3.8, 4) is 5.75 Å². The maximum atomic E-state index is 12.0. The van der Waals surface area contributed by atoms with Crippen LogP contribution in [0.5, 0.6) is 5.75 Å². The van der Waals surface area contributed by atoms with E-state index >= 15 is 0 Å². The summed E-state index contributed by atoms with van der Waals surface area (Å²) in [5.41, 5.74) is 1.03. The summed E-state index contributed by atoms with van der Waals surface area (Å²) in [6.45, 7) is 1.73. The van der Waals surface area contributed by atoms with Gasteiger partial charge >= 0.3 is 12.3 Å². The van der Waals surface area contributed by atoms with Gasteiger partial charge in [0.25, 0.3) is 0 Å². The van der Waals surface area contributed by atoms with Crippen LogP contribution in [0.25, 0.3) is 0 Å². The molecular weight excluding hydrogens is 237 g/mol. The normalized spacial score (nSPS) is 11.3. The van der Waals surface area contributed by atoms with E-state index in [1.807, 2.05) is 0 Å². The predicted molar refractivity (Wildman–Crippen MR) is 53.8 cm³/mol. The minimum Gasteiger partial charge on any atom is -0.481 e. The Kier molecular flexibility index (Phi) is 3.98. The summed E-state index contributed by atoms with van der Waals surface area (Å²) in [4.78, 5) is 10.5. The number of aliphatic carboxylic acids is 1. The highest BCUT2D eigenvalue weighted by molar-refractivity contribution is 5.70. The molecule has 0 atom stereocenters. The van der Waals surface area contributed by atoms with Gasteiger partial charge in [-0.2, -0.15) is 0 Å². The molecule has 1 rings (SSSR count). The van der Waals surface area contributed by atoms with Crippen molar-refractivity contribution in [2.75, 3.05) is 0 Å². The third-order valence-corrected chi connectivity index (χ3v) is 2.13. The van der Waals surface area contributed by atoms with Crippen LogP contribution in [-0.2, 0) is 17.6 Å². The number of hydrogen-bond acceptors (Lipinski definition) is 2. The number of aryl methyl sites for hydroxylation is 1. The van der Waals surface area contributed by atoms with E-state index < -0.39 is 12.3 Å². The predicted octanol–water partition coefficient (Wildman–Crippen LogP) is 2.77. The fourth-order valence-electron chi connectivity index (χ4n) is 1.46. The van der Waals surface area contributed by atoms with Crippen LogP contribution >= 0.6 is 0 Å². The Hall–Kier alpha value is -1.72. The molecule has 94 valence electrons. The van der Waals surface area contributed by atoms with Gasteiger partial charge in [-0.1, -0.05) is 13.0 Å².